The second-order valence-electron chi connectivity index (χ2n) is 5.13. The first-order valence-corrected chi connectivity index (χ1v) is 7.48. The molecule has 1 aliphatic heterocycles. The highest BCUT2D eigenvalue weighted by Gasteiger charge is 2.27. The van der Waals surface area contributed by atoms with Crippen LogP contribution in [0.25, 0.3) is 10.7 Å². The fourth-order valence-corrected chi connectivity index (χ4v) is 3.32. The van der Waals surface area contributed by atoms with Gasteiger partial charge in [0.05, 0.1) is 4.88 Å². The van der Waals surface area contributed by atoms with Crippen LogP contribution in [0.5, 0.6) is 0 Å². The van der Waals surface area contributed by atoms with E-state index in [0.717, 1.165) is 36.0 Å². The lowest BCUT2D eigenvalue weighted by atomic mass is 9.99. The van der Waals surface area contributed by atoms with E-state index >= 15 is 0 Å². The lowest BCUT2D eigenvalue weighted by Crippen LogP contribution is -2.50. The van der Waals surface area contributed by atoms with Crippen molar-refractivity contribution in [3.8, 4) is 10.7 Å². The summed E-state index contributed by atoms with van der Waals surface area (Å²) in [5, 5.41) is 7.39. The maximum atomic E-state index is 6.12. The van der Waals surface area contributed by atoms with Crippen molar-refractivity contribution in [3.63, 3.8) is 0 Å². The summed E-state index contributed by atoms with van der Waals surface area (Å²) in [6.45, 7) is 5.22. The number of hydrogen-bond donors (Lipinski definition) is 2. The van der Waals surface area contributed by atoms with Crippen molar-refractivity contribution >= 4 is 17.3 Å². The van der Waals surface area contributed by atoms with Crippen LogP contribution < -0.4 is 10.6 Å². The number of hydrogen-bond acceptors (Lipinski definition) is 5. The van der Waals surface area contributed by atoms with Crippen molar-refractivity contribution in [2.24, 2.45) is 5.73 Å². The molecule has 2 unspecified atom stereocenters. The number of aromatic amines is 1. The Bertz CT molecular complexity index is 561. The van der Waals surface area contributed by atoms with E-state index in [1.807, 2.05) is 0 Å². The van der Waals surface area contributed by atoms with Crippen molar-refractivity contribution in [1.29, 1.82) is 0 Å². The first-order valence-electron chi connectivity index (χ1n) is 6.66. The molecule has 6 heteroatoms. The van der Waals surface area contributed by atoms with Gasteiger partial charge in [-0.05, 0) is 38.8 Å². The van der Waals surface area contributed by atoms with Gasteiger partial charge in [-0.3, -0.25) is 5.10 Å². The molecule has 3 N–H and O–H groups in total. The molecule has 0 spiro atoms. The first kappa shape index (κ1) is 12.6. The van der Waals surface area contributed by atoms with Gasteiger partial charge in [-0.2, -0.15) is 4.98 Å². The molecule has 0 bridgehead atoms. The lowest BCUT2D eigenvalue weighted by Gasteiger charge is -2.36. The molecule has 0 radical (unpaired) electrons. The summed E-state index contributed by atoms with van der Waals surface area (Å²) < 4.78 is 0. The minimum atomic E-state index is 0.208. The summed E-state index contributed by atoms with van der Waals surface area (Å²) in [5.74, 6) is 1.61. The molecule has 1 fully saturated rings. The molecular weight excluding hydrogens is 258 g/mol. The van der Waals surface area contributed by atoms with Crippen LogP contribution in [-0.2, 0) is 0 Å². The van der Waals surface area contributed by atoms with Crippen molar-refractivity contribution in [2.75, 3.05) is 11.4 Å². The van der Waals surface area contributed by atoms with Crippen molar-refractivity contribution in [3.05, 3.63) is 17.0 Å². The Morgan fingerprint density at radius 3 is 3.05 bits per heavy atom. The van der Waals surface area contributed by atoms with E-state index < -0.39 is 0 Å². The zero-order chi connectivity index (χ0) is 13.4. The predicted octanol–water partition coefficient (Wildman–Crippen LogP) is 2.16. The number of anilines is 1. The van der Waals surface area contributed by atoms with Crippen LogP contribution in [0.4, 0.5) is 5.95 Å². The second kappa shape index (κ2) is 4.94. The number of H-pyrrole nitrogens is 1. The normalized spacial score (nSPS) is 23.8. The monoisotopic (exact) mass is 277 g/mol. The SMILES string of the molecule is Cc1ccc(-c2nc(N3CCCC(N)C3C)n[nH]2)s1. The van der Waals surface area contributed by atoms with Gasteiger partial charge in [0.25, 0.3) is 0 Å². The molecule has 102 valence electrons. The topological polar surface area (TPSA) is 70.8 Å². The van der Waals surface area contributed by atoms with Crippen molar-refractivity contribution in [1.82, 2.24) is 15.2 Å². The first-order chi connectivity index (χ1) is 9.15. The Labute approximate surface area is 116 Å². The van der Waals surface area contributed by atoms with Gasteiger partial charge in [0.2, 0.25) is 5.95 Å². The van der Waals surface area contributed by atoms with Crippen LogP contribution in [0.2, 0.25) is 0 Å². The van der Waals surface area contributed by atoms with E-state index in [0.29, 0.717) is 6.04 Å². The number of thiophene rings is 1. The Morgan fingerprint density at radius 2 is 2.32 bits per heavy atom. The number of nitrogens with one attached hydrogen (secondary N) is 1. The Hall–Kier alpha value is -1.40. The van der Waals surface area contributed by atoms with Crippen molar-refractivity contribution < 1.29 is 0 Å². The highest BCUT2D eigenvalue weighted by Crippen LogP contribution is 2.27. The summed E-state index contributed by atoms with van der Waals surface area (Å²) in [4.78, 5) is 9.23. The quantitative estimate of drug-likeness (QED) is 0.882. The molecular formula is C13H19N5S. The smallest absolute Gasteiger partial charge is 0.245 e. The zero-order valence-corrected chi connectivity index (χ0v) is 12.1. The summed E-state index contributed by atoms with van der Waals surface area (Å²) in [6.07, 6.45) is 2.19. The molecule has 1 saturated heterocycles. The molecule has 5 nitrogen and oxygen atoms in total. The van der Waals surface area contributed by atoms with Gasteiger partial charge in [-0.25, -0.2) is 0 Å². The molecule has 3 heterocycles. The van der Waals surface area contributed by atoms with Gasteiger partial charge in [0.15, 0.2) is 5.82 Å². The lowest BCUT2D eigenvalue weighted by molar-refractivity contribution is 0.416. The highest BCUT2D eigenvalue weighted by molar-refractivity contribution is 7.15. The summed E-state index contributed by atoms with van der Waals surface area (Å²) >= 11 is 1.73. The second-order valence-corrected chi connectivity index (χ2v) is 6.42. The van der Waals surface area contributed by atoms with Crippen LogP contribution in [0, 0.1) is 6.92 Å². The van der Waals surface area contributed by atoms with Gasteiger partial charge < -0.3 is 10.6 Å². The van der Waals surface area contributed by atoms with Crippen LogP contribution in [0.3, 0.4) is 0 Å². The average Bonchev–Trinajstić information content (AvgIpc) is 3.01. The van der Waals surface area contributed by atoms with E-state index in [4.69, 9.17) is 5.73 Å². The van der Waals surface area contributed by atoms with E-state index in [-0.39, 0.29) is 6.04 Å². The number of aryl methyl sites for hydroxylation is 1. The number of nitrogens with two attached hydrogens (primary N) is 1. The fraction of sp³-hybridized carbons (Fsp3) is 0.538. The van der Waals surface area contributed by atoms with Crippen LogP contribution in [0.15, 0.2) is 12.1 Å². The largest absolute Gasteiger partial charge is 0.335 e. The van der Waals surface area contributed by atoms with E-state index in [1.165, 1.54) is 4.88 Å². The van der Waals surface area contributed by atoms with Gasteiger partial charge in [0, 0.05) is 23.5 Å². The van der Waals surface area contributed by atoms with Gasteiger partial charge in [-0.1, -0.05) is 0 Å². The Morgan fingerprint density at radius 1 is 1.47 bits per heavy atom. The minimum absolute atomic E-state index is 0.208. The highest BCUT2D eigenvalue weighted by atomic mass is 32.1. The van der Waals surface area contributed by atoms with Gasteiger partial charge in [0.1, 0.15) is 0 Å². The molecule has 3 rings (SSSR count). The molecule has 1 aliphatic rings. The molecule has 2 aromatic rings. The van der Waals surface area contributed by atoms with Crippen LogP contribution in [-0.4, -0.2) is 33.8 Å². The third-order valence-electron chi connectivity index (χ3n) is 3.75. The number of piperidine rings is 1. The molecule has 0 amide bonds. The molecule has 2 aromatic heterocycles. The molecule has 19 heavy (non-hydrogen) atoms. The third kappa shape index (κ3) is 2.37. The maximum absolute atomic E-state index is 6.12. The number of rotatable bonds is 2. The molecule has 0 aliphatic carbocycles. The van der Waals surface area contributed by atoms with Gasteiger partial charge in [-0.15, -0.1) is 16.4 Å². The number of nitrogens with zero attached hydrogens (tertiary/aromatic N) is 3. The van der Waals surface area contributed by atoms with E-state index in [2.05, 4.69) is 46.1 Å². The van der Waals surface area contributed by atoms with Gasteiger partial charge >= 0.3 is 0 Å². The number of aromatic nitrogens is 3. The maximum Gasteiger partial charge on any atom is 0.245 e. The fourth-order valence-electron chi connectivity index (χ4n) is 2.51. The minimum Gasteiger partial charge on any atom is -0.335 e. The van der Waals surface area contributed by atoms with Crippen molar-refractivity contribution in [2.45, 2.75) is 38.8 Å². The summed E-state index contributed by atoms with van der Waals surface area (Å²) in [5.41, 5.74) is 6.12. The molecule has 0 saturated carbocycles. The zero-order valence-electron chi connectivity index (χ0n) is 11.3. The molecule has 0 aromatic carbocycles. The van der Waals surface area contributed by atoms with E-state index in [9.17, 15) is 0 Å². The van der Waals surface area contributed by atoms with Crippen LogP contribution >= 0.6 is 11.3 Å². The molecule has 2 atom stereocenters. The Balaban J connectivity index is 1.84. The van der Waals surface area contributed by atoms with E-state index in [1.54, 1.807) is 11.3 Å². The van der Waals surface area contributed by atoms with Crippen LogP contribution in [0.1, 0.15) is 24.6 Å². The third-order valence-corrected chi connectivity index (χ3v) is 4.76. The average molecular weight is 277 g/mol. The Kier molecular flexibility index (Phi) is 3.28. The predicted molar refractivity (Wildman–Crippen MR) is 78.5 cm³/mol. The summed E-state index contributed by atoms with van der Waals surface area (Å²) in [7, 11) is 0. The summed E-state index contributed by atoms with van der Waals surface area (Å²) in [6, 6.07) is 4.68. The standard InChI is InChI=1S/C13H19N5S/c1-8-5-6-11(19-8)12-15-13(17-16-12)18-7-3-4-10(14)9(18)2/h5-6,9-10H,3-4,7,14H2,1-2H3,(H,15,16,17).